The van der Waals surface area contributed by atoms with Crippen LogP contribution in [0, 0.1) is 6.92 Å². The average molecular weight is 564 g/mol. The average Bonchev–Trinajstić information content (AvgIpc) is 3.16. The first-order chi connectivity index (χ1) is 19.2. The molecule has 10 nitrogen and oxygen atoms in total. The molecule has 3 amide bonds. The molecule has 0 bridgehead atoms. The molecule has 0 saturated heterocycles. The molecule has 1 aliphatic rings. The SMILES string of the molecule is CCOC(=O)c1ccc(NC(=O)c2ccc(C)c(NC3=C(Cl)C(=O)N(c4ccc(OC)cc4OC)C3=O)c2)cc1. The van der Waals surface area contributed by atoms with Gasteiger partial charge in [0.1, 0.15) is 22.2 Å². The standard InChI is InChI=1S/C29H26ClN3O7/c1-5-40-29(37)17-8-10-19(11-9-17)31-26(34)18-7-6-16(2)21(14-18)32-25-24(30)27(35)33(28(25)36)22-13-12-20(38-3)15-23(22)39-4/h6-15,32H,5H2,1-4H3,(H,31,34). The fourth-order valence-corrected chi connectivity index (χ4v) is 4.15. The number of halogens is 1. The number of hydrogen-bond acceptors (Lipinski definition) is 8. The van der Waals surface area contributed by atoms with E-state index in [0.717, 1.165) is 4.90 Å². The van der Waals surface area contributed by atoms with Crippen LogP contribution in [0.2, 0.25) is 0 Å². The van der Waals surface area contributed by atoms with Gasteiger partial charge in [-0.05, 0) is 67.9 Å². The second kappa shape index (κ2) is 11.9. The van der Waals surface area contributed by atoms with Gasteiger partial charge < -0.3 is 24.8 Å². The van der Waals surface area contributed by atoms with Crippen LogP contribution in [0.5, 0.6) is 11.5 Å². The third-order valence-corrected chi connectivity index (χ3v) is 6.42. The highest BCUT2D eigenvalue weighted by Gasteiger charge is 2.40. The van der Waals surface area contributed by atoms with Crippen LogP contribution >= 0.6 is 11.6 Å². The van der Waals surface area contributed by atoms with E-state index in [2.05, 4.69) is 10.6 Å². The van der Waals surface area contributed by atoms with E-state index in [1.165, 1.54) is 20.3 Å². The Balaban J connectivity index is 1.54. The first-order valence-electron chi connectivity index (χ1n) is 12.1. The zero-order valence-corrected chi connectivity index (χ0v) is 22.9. The van der Waals surface area contributed by atoms with Crippen molar-refractivity contribution in [2.75, 3.05) is 36.4 Å². The summed E-state index contributed by atoms with van der Waals surface area (Å²) in [5, 5.41) is 5.38. The van der Waals surface area contributed by atoms with Crippen molar-refractivity contribution in [3.63, 3.8) is 0 Å². The van der Waals surface area contributed by atoms with Gasteiger partial charge in [0, 0.05) is 23.0 Å². The van der Waals surface area contributed by atoms with Crippen molar-refractivity contribution in [3.05, 3.63) is 88.1 Å². The maximum absolute atomic E-state index is 13.3. The summed E-state index contributed by atoms with van der Waals surface area (Å²) in [4.78, 5) is 52.1. The van der Waals surface area contributed by atoms with E-state index < -0.39 is 23.7 Å². The minimum atomic E-state index is -0.726. The van der Waals surface area contributed by atoms with Gasteiger partial charge in [-0.15, -0.1) is 0 Å². The fraction of sp³-hybridized carbons (Fsp3) is 0.172. The van der Waals surface area contributed by atoms with Crippen LogP contribution in [0.3, 0.4) is 0 Å². The second-order valence-electron chi connectivity index (χ2n) is 8.58. The van der Waals surface area contributed by atoms with E-state index in [4.69, 9.17) is 25.8 Å². The number of esters is 1. The molecular formula is C29H26ClN3O7. The Labute approximate surface area is 235 Å². The van der Waals surface area contributed by atoms with Gasteiger partial charge in [-0.2, -0.15) is 0 Å². The molecule has 0 spiro atoms. The van der Waals surface area contributed by atoms with Crippen LogP contribution in [0.4, 0.5) is 17.1 Å². The molecule has 206 valence electrons. The molecule has 2 N–H and O–H groups in total. The van der Waals surface area contributed by atoms with Gasteiger partial charge in [-0.3, -0.25) is 14.4 Å². The number of ether oxygens (including phenoxy) is 3. The number of rotatable bonds is 9. The summed E-state index contributed by atoms with van der Waals surface area (Å²) >= 11 is 6.32. The van der Waals surface area contributed by atoms with Crippen LogP contribution in [0.25, 0.3) is 0 Å². The number of carbonyl (C=O) groups is 4. The number of hydrogen-bond donors (Lipinski definition) is 2. The molecule has 40 heavy (non-hydrogen) atoms. The van der Waals surface area contributed by atoms with Crippen LogP contribution in [-0.4, -0.2) is 44.5 Å². The zero-order chi connectivity index (χ0) is 29.0. The van der Waals surface area contributed by atoms with Crippen LogP contribution in [0.15, 0.2) is 71.4 Å². The van der Waals surface area contributed by atoms with Crippen molar-refractivity contribution >= 4 is 52.4 Å². The molecule has 3 aromatic rings. The minimum absolute atomic E-state index is 0.139. The molecule has 0 atom stereocenters. The summed E-state index contributed by atoms with van der Waals surface area (Å²) in [5.41, 5.74) is 2.29. The first-order valence-corrected chi connectivity index (χ1v) is 12.5. The highest BCUT2D eigenvalue weighted by Crippen LogP contribution is 2.38. The Morgan fingerprint density at radius 2 is 1.60 bits per heavy atom. The van der Waals surface area contributed by atoms with E-state index in [0.29, 0.717) is 28.3 Å². The minimum Gasteiger partial charge on any atom is -0.497 e. The molecule has 0 aliphatic carbocycles. The number of amides is 3. The molecular weight excluding hydrogens is 538 g/mol. The molecule has 3 aromatic carbocycles. The monoisotopic (exact) mass is 563 g/mol. The summed E-state index contributed by atoms with van der Waals surface area (Å²) in [6, 6.07) is 15.8. The Morgan fingerprint density at radius 3 is 2.25 bits per heavy atom. The molecule has 0 aromatic heterocycles. The van der Waals surface area contributed by atoms with Crippen molar-refractivity contribution < 1.29 is 33.4 Å². The highest BCUT2D eigenvalue weighted by atomic mass is 35.5. The topological polar surface area (TPSA) is 123 Å². The molecule has 0 fully saturated rings. The molecule has 11 heteroatoms. The number of carbonyl (C=O) groups excluding carboxylic acids is 4. The maximum atomic E-state index is 13.3. The van der Waals surface area contributed by atoms with Crippen molar-refractivity contribution in [1.82, 2.24) is 0 Å². The van der Waals surface area contributed by atoms with Gasteiger partial charge in [-0.1, -0.05) is 17.7 Å². The Hall–Kier alpha value is -4.83. The Morgan fingerprint density at radius 1 is 0.900 bits per heavy atom. The molecule has 1 heterocycles. The third kappa shape index (κ3) is 5.62. The lowest BCUT2D eigenvalue weighted by atomic mass is 10.1. The zero-order valence-electron chi connectivity index (χ0n) is 22.2. The smallest absolute Gasteiger partial charge is 0.338 e. The lowest BCUT2D eigenvalue weighted by Crippen LogP contribution is -2.32. The van der Waals surface area contributed by atoms with Crippen molar-refractivity contribution in [1.29, 1.82) is 0 Å². The second-order valence-corrected chi connectivity index (χ2v) is 8.96. The van der Waals surface area contributed by atoms with Crippen LogP contribution in [-0.2, 0) is 14.3 Å². The number of benzene rings is 3. The van der Waals surface area contributed by atoms with E-state index in [9.17, 15) is 19.2 Å². The lowest BCUT2D eigenvalue weighted by Gasteiger charge is -2.19. The number of methoxy groups -OCH3 is 2. The van der Waals surface area contributed by atoms with Gasteiger partial charge in [0.15, 0.2) is 0 Å². The summed E-state index contributed by atoms with van der Waals surface area (Å²) in [7, 11) is 2.89. The Bertz CT molecular complexity index is 1530. The van der Waals surface area contributed by atoms with Crippen LogP contribution in [0.1, 0.15) is 33.2 Å². The summed E-state index contributed by atoms with van der Waals surface area (Å²) in [6.07, 6.45) is 0. The number of imide groups is 1. The number of nitrogens with zero attached hydrogens (tertiary/aromatic N) is 1. The fourth-order valence-electron chi connectivity index (χ4n) is 3.94. The van der Waals surface area contributed by atoms with Gasteiger partial charge in [0.2, 0.25) is 0 Å². The quantitative estimate of drug-likeness (QED) is 0.279. The predicted octanol–water partition coefficient (Wildman–Crippen LogP) is 4.88. The Kier molecular flexibility index (Phi) is 8.40. The lowest BCUT2D eigenvalue weighted by molar-refractivity contribution is -0.120. The van der Waals surface area contributed by atoms with Crippen molar-refractivity contribution in [2.24, 2.45) is 0 Å². The van der Waals surface area contributed by atoms with E-state index in [1.54, 1.807) is 68.4 Å². The van der Waals surface area contributed by atoms with Crippen molar-refractivity contribution in [2.45, 2.75) is 13.8 Å². The normalized spacial score (nSPS) is 12.9. The number of nitrogens with one attached hydrogen (secondary N) is 2. The molecule has 0 radical (unpaired) electrons. The van der Waals surface area contributed by atoms with Gasteiger partial charge in [-0.25, -0.2) is 9.69 Å². The van der Waals surface area contributed by atoms with Gasteiger partial charge >= 0.3 is 5.97 Å². The van der Waals surface area contributed by atoms with Gasteiger partial charge in [0.25, 0.3) is 17.7 Å². The predicted molar refractivity (Wildman–Crippen MR) is 150 cm³/mol. The highest BCUT2D eigenvalue weighted by molar-refractivity contribution is 6.53. The van der Waals surface area contributed by atoms with E-state index in [1.807, 2.05) is 0 Å². The van der Waals surface area contributed by atoms with Crippen LogP contribution < -0.4 is 25.0 Å². The largest absolute Gasteiger partial charge is 0.497 e. The maximum Gasteiger partial charge on any atom is 0.338 e. The van der Waals surface area contributed by atoms with Crippen molar-refractivity contribution in [3.8, 4) is 11.5 Å². The summed E-state index contributed by atoms with van der Waals surface area (Å²) < 4.78 is 15.5. The number of anilines is 3. The number of aryl methyl sites for hydroxylation is 1. The van der Waals surface area contributed by atoms with Gasteiger partial charge in [0.05, 0.1) is 32.1 Å². The summed E-state index contributed by atoms with van der Waals surface area (Å²) in [5.74, 6) is -1.56. The van der Waals surface area contributed by atoms with E-state index >= 15 is 0 Å². The molecule has 1 aliphatic heterocycles. The third-order valence-electron chi connectivity index (χ3n) is 6.07. The summed E-state index contributed by atoms with van der Waals surface area (Å²) in [6.45, 7) is 3.75. The molecule has 0 saturated carbocycles. The first kappa shape index (κ1) is 28.2. The van der Waals surface area contributed by atoms with E-state index in [-0.39, 0.29) is 34.3 Å². The molecule has 4 rings (SSSR count). The molecule has 0 unspecified atom stereocenters.